The zero-order valence-corrected chi connectivity index (χ0v) is 32.2. The minimum absolute atomic E-state index is 0.0165. The molecule has 0 saturated carbocycles. The predicted molar refractivity (Wildman–Crippen MR) is 207 cm³/mol. The minimum atomic E-state index is -0.706. The van der Waals surface area contributed by atoms with Crippen molar-refractivity contribution in [1.29, 1.82) is 0 Å². The number of ether oxygens (including phenoxy) is 2. The van der Waals surface area contributed by atoms with E-state index in [1.165, 1.54) is 14.2 Å². The highest BCUT2D eigenvalue weighted by atomic mass is 16.5. The van der Waals surface area contributed by atoms with E-state index < -0.39 is 5.41 Å². The van der Waals surface area contributed by atoms with Crippen LogP contribution in [0.1, 0.15) is 111 Å². The van der Waals surface area contributed by atoms with Crippen LogP contribution >= 0.6 is 0 Å². The molecule has 5 rings (SSSR count). The SMILES string of the molecule is CCCCC/C=C1\c2cc3nc(cc4[nH]c(cc5[nH]c(cc(n2)[C@]1(C)CC(=O)N(C)C)c(C)c5CCC(=O)OC)c(CCC(=O)OC)c4C)C=C3C. The van der Waals surface area contributed by atoms with Crippen molar-refractivity contribution in [3.05, 3.63) is 75.4 Å². The van der Waals surface area contributed by atoms with Crippen LogP contribution in [-0.2, 0) is 42.1 Å². The second kappa shape index (κ2) is 16.1. The molecule has 1 atom stereocenters. The maximum atomic E-state index is 13.5. The third-order valence-corrected chi connectivity index (χ3v) is 10.5. The first kappa shape index (κ1) is 38.2. The van der Waals surface area contributed by atoms with Gasteiger partial charge in [-0.15, -0.1) is 0 Å². The van der Waals surface area contributed by atoms with Gasteiger partial charge in [0.25, 0.3) is 0 Å². The molecular formula is C42H53N5O5. The molecule has 52 heavy (non-hydrogen) atoms. The van der Waals surface area contributed by atoms with Gasteiger partial charge in [0.2, 0.25) is 5.91 Å². The van der Waals surface area contributed by atoms with Crippen LogP contribution < -0.4 is 0 Å². The fourth-order valence-electron chi connectivity index (χ4n) is 7.18. The lowest BCUT2D eigenvalue weighted by Crippen LogP contribution is -2.31. The van der Waals surface area contributed by atoms with Crippen molar-refractivity contribution in [2.24, 2.45) is 0 Å². The molecule has 0 aliphatic carbocycles. The quantitative estimate of drug-likeness (QED) is 0.144. The number of unbranched alkanes of at least 4 members (excludes halogenated alkanes) is 3. The topological polar surface area (TPSA) is 130 Å². The van der Waals surface area contributed by atoms with Gasteiger partial charge < -0.3 is 24.3 Å². The van der Waals surface area contributed by atoms with E-state index in [1.807, 2.05) is 13.0 Å². The average molecular weight is 708 g/mol. The first-order valence-corrected chi connectivity index (χ1v) is 18.3. The first-order chi connectivity index (χ1) is 24.8. The lowest BCUT2D eigenvalue weighted by molar-refractivity contribution is -0.141. The van der Waals surface area contributed by atoms with Crippen molar-refractivity contribution >= 4 is 57.1 Å². The van der Waals surface area contributed by atoms with Gasteiger partial charge in [0.15, 0.2) is 0 Å². The lowest BCUT2D eigenvalue weighted by atomic mass is 9.76. The van der Waals surface area contributed by atoms with Gasteiger partial charge >= 0.3 is 11.9 Å². The van der Waals surface area contributed by atoms with Crippen LogP contribution in [0.5, 0.6) is 0 Å². The molecule has 8 bridgehead atoms. The number of aromatic amines is 2. The van der Waals surface area contributed by atoms with Crippen LogP contribution in [0.25, 0.3) is 39.3 Å². The van der Waals surface area contributed by atoms with E-state index in [9.17, 15) is 14.4 Å². The molecule has 0 aromatic carbocycles. The molecule has 2 aliphatic heterocycles. The summed E-state index contributed by atoms with van der Waals surface area (Å²) >= 11 is 0. The third-order valence-electron chi connectivity index (χ3n) is 10.5. The van der Waals surface area contributed by atoms with Crippen LogP contribution in [-0.4, -0.2) is 71.0 Å². The van der Waals surface area contributed by atoms with Gasteiger partial charge in [-0.25, -0.2) is 4.98 Å². The molecule has 10 nitrogen and oxygen atoms in total. The number of nitrogens with one attached hydrogen (secondary N) is 2. The lowest BCUT2D eigenvalue weighted by Gasteiger charge is -2.27. The third kappa shape index (κ3) is 8.06. The van der Waals surface area contributed by atoms with Crippen LogP contribution in [0, 0.1) is 13.8 Å². The number of aryl methyl sites for hydroxylation is 4. The van der Waals surface area contributed by atoms with Gasteiger partial charge in [-0.3, -0.25) is 19.4 Å². The van der Waals surface area contributed by atoms with E-state index in [0.717, 1.165) is 104 Å². The Morgan fingerprint density at radius 1 is 0.808 bits per heavy atom. The van der Waals surface area contributed by atoms with Crippen molar-refractivity contribution in [2.45, 2.75) is 97.8 Å². The van der Waals surface area contributed by atoms with Gasteiger partial charge in [0, 0.05) is 60.8 Å². The number of fused-ring (bicyclic) bond motifs is 8. The molecule has 10 heteroatoms. The highest BCUT2D eigenvalue weighted by Gasteiger charge is 2.41. The summed E-state index contributed by atoms with van der Waals surface area (Å²) in [6, 6.07) is 8.22. The summed E-state index contributed by atoms with van der Waals surface area (Å²) in [6.45, 7) is 10.5. The number of carbonyl (C=O) groups excluding carboxylic acids is 3. The molecule has 2 aliphatic rings. The number of nitrogens with zero attached hydrogens (tertiary/aromatic N) is 3. The number of hydrogen-bond donors (Lipinski definition) is 2. The van der Waals surface area contributed by atoms with Crippen LogP contribution in [0.2, 0.25) is 0 Å². The number of hydrogen-bond acceptors (Lipinski definition) is 7. The number of amides is 1. The van der Waals surface area contributed by atoms with Crippen LogP contribution in [0.3, 0.4) is 0 Å². The zero-order valence-electron chi connectivity index (χ0n) is 32.2. The normalized spacial score (nSPS) is 16.2. The second-order valence-electron chi connectivity index (χ2n) is 14.4. The van der Waals surface area contributed by atoms with Gasteiger partial charge in [-0.2, -0.15) is 0 Å². The van der Waals surface area contributed by atoms with E-state index in [2.05, 4.69) is 68.0 Å². The summed E-state index contributed by atoms with van der Waals surface area (Å²) < 4.78 is 9.99. The Balaban J connectivity index is 1.89. The van der Waals surface area contributed by atoms with Gasteiger partial charge in [-0.1, -0.05) is 25.8 Å². The Morgan fingerprint density at radius 2 is 1.40 bits per heavy atom. The van der Waals surface area contributed by atoms with E-state index in [-0.39, 0.29) is 37.1 Å². The molecule has 3 aromatic rings. The molecule has 1 amide bonds. The predicted octanol–water partition coefficient (Wildman–Crippen LogP) is 8.10. The van der Waals surface area contributed by atoms with Crippen molar-refractivity contribution < 1.29 is 23.9 Å². The van der Waals surface area contributed by atoms with Gasteiger partial charge in [0.1, 0.15) is 0 Å². The minimum Gasteiger partial charge on any atom is -0.469 e. The van der Waals surface area contributed by atoms with Crippen molar-refractivity contribution in [3.8, 4) is 0 Å². The Bertz CT molecular complexity index is 2100. The largest absolute Gasteiger partial charge is 0.469 e. The average Bonchev–Trinajstić information content (AvgIpc) is 3.77. The van der Waals surface area contributed by atoms with Gasteiger partial charge in [-0.05, 0) is 117 Å². The molecule has 2 N–H and O–H groups in total. The summed E-state index contributed by atoms with van der Waals surface area (Å²) in [5, 5.41) is 0. The number of esters is 2. The van der Waals surface area contributed by atoms with Crippen molar-refractivity contribution in [2.75, 3.05) is 28.3 Å². The van der Waals surface area contributed by atoms with E-state index in [1.54, 1.807) is 19.0 Å². The smallest absolute Gasteiger partial charge is 0.305 e. The number of rotatable bonds is 12. The highest BCUT2D eigenvalue weighted by Crippen LogP contribution is 2.45. The zero-order chi connectivity index (χ0) is 37.7. The number of allylic oxidation sites excluding steroid dienone is 3. The highest BCUT2D eigenvalue weighted by molar-refractivity contribution is 5.89. The molecular weight excluding hydrogens is 654 g/mol. The van der Waals surface area contributed by atoms with E-state index in [4.69, 9.17) is 19.4 Å². The Labute approximate surface area is 306 Å². The standard InChI is InChI=1S/C42H53N5O5/c1-10-11-12-13-14-31-37-21-32-25(2)19-28(43-32)20-33-26(3)29(15-17-40(49)51-8)35(44-33)22-36-30(16-18-41(50)52-9)27(4)34(45-36)23-38(46-37)42(31,5)24-39(48)47(6)7/h14,19-23,44-45H,10-13,15-18,24H2,1-9H3/b28-20?,31-14+,32-21?,33-20?,34-23?,35-22?,36-22?,37-21?,38-23?/t42-/m1/s1. The van der Waals surface area contributed by atoms with Crippen LogP contribution in [0.15, 0.2) is 30.3 Å². The molecule has 0 spiro atoms. The molecule has 0 unspecified atom stereocenters. The molecule has 3 aromatic heterocycles. The van der Waals surface area contributed by atoms with Crippen LogP contribution in [0.4, 0.5) is 0 Å². The molecule has 276 valence electrons. The Hall–Kier alpha value is -4.99. The number of carbonyl (C=O) groups is 3. The summed E-state index contributed by atoms with van der Waals surface area (Å²) in [5.41, 5.74) is 12.0. The molecule has 0 saturated heterocycles. The summed E-state index contributed by atoms with van der Waals surface area (Å²) in [7, 11) is 6.38. The number of aromatic nitrogens is 4. The van der Waals surface area contributed by atoms with Crippen molar-refractivity contribution in [1.82, 2.24) is 24.8 Å². The van der Waals surface area contributed by atoms with E-state index >= 15 is 0 Å². The maximum absolute atomic E-state index is 13.5. The molecule has 0 radical (unpaired) electrons. The maximum Gasteiger partial charge on any atom is 0.305 e. The summed E-state index contributed by atoms with van der Waals surface area (Å²) in [6.07, 6.45) is 10.2. The Kier molecular flexibility index (Phi) is 11.9. The fourth-order valence-corrected chi connectivity index (χ4v) is 7.18. The Morgan fingerprint density at radius 3 is 1.96 bits per heavy atom. The fraction of sp³-hybridized carbons (Fsp3) is 0.452. The number of H-pyrrole nitrogens is 2. The second-order valence-corrected chi connectivity index (χ2v) is 14.4. The first-order valence-electron chi connectivity index (χ1n) is 18.3. The molecule has 5 heterocycles. The number of methoxy groups -OCH3 is 2. The van der Waals surface area contributed by atoms with E-state index in [0.29, 0.717) is 12.8 Å². The summed E-state index contributed by atoms with van der Waals surface area (Å²) in [4.78, 5) is 57.4. The summed E-state index contributed by atoms with van der Waals surface area (Å²) in [5.74, 6) is -0.554. The van der Waals surface area contributed by atoms with Gasteiger partial charge in [0.05, 0.1) is 37.0 Å². The van der Waals surface area contributed by atoms with Crippen molar-refractivity contribution in [3.63, 3.8) is 0 Å². The molecule has 0 fully saturated rings. The monoisotopic (exact) mass is 707 g/mol.